The summed E-state index contributed by atoms with van der Waals surface area (Å²) in [6.45, 7) is 6.48. The first-order valence-corrected chi connectivity index (χ1v) is 5.69. The molecule has 0 aromatic heterocycles. The minimum Gasteiger partial charge on any atom is -0.369 e. The van der Waals surface area contributed by atoms with E-state index in [2.05, 4.69) is 24.0 Å². The molecule has 0 fully saturated rings. The highest BCUT2D eigenvalue weighted by molar-refractivity contribution is 5.76. The number of rotatable bonds is 6. The second-order valence-corrected chi connectivity index (χ2v) is 4.12. The van der Waals surface area contributed by atoms with E-state index in [4.69, 9.17) is 5.73 Å². The van der Waals surface area contributed by atoms with E-state index in [1.54, 1.807) is 0 Å². The lowest BCUT2D eigenvalue weighted by Gasteiger charge is -2.22. The lowest BCUT2D eigenvalue weighted by atomic mass is 10.1. The van der Waals surface area contributed by atoms with Gasteiger partial charge in [0.05, 0.1) is 0 Å². The van der Waals surface area contributed by atoms with Crippen molar-refractivity contribution in [1.29, 1.82) is 0 Å². The normalized spacial score (nSPS) is 12.7. The molecular weight excluding hydrogens is 200 g/mol. The first-order chi connectivity index (χ1) is 7.63. The molecule has 0 aliphatic rings. The molecule has 1 aromatic rings. The third-order valence-corrected chi connectivity index (χ3v) is 2.71. The molecule has 1 atom stereocenters. The quantitative estimate of drug-likeness (QED) is 0.792. The van der Waals surface area contributed by atoms with E-state index >= 15 is 0 Å². The predicted octanol–water partition coefficient (Wildman–Crippen LogP) is 1.63. The molecule has 0 bridgehead atoms. The number of hydrogen-bond donors (Lipinski definition) is 1. The first-order valence-electron chi connectivity index (χ1n) is 5.69. The number of nitrogens with zero attached hydrogens (tertiary/aromatic N) is 1. The van der Waals surface area contributed by atoms with E-state index in [1.807, 2.05) is 25.1 Å². The number of nitrogens with two attached hydrogens (primary N) is 1. The van der Waals surface area contributed by atoms with E-state index in [0.717, 1.165) is 19.6 Å². The maximum atomic E-state index is 11.0. The summed E-state index contributed by atoms with van der Waals surface area (Å²) in [6.07, 6.45) is 0. The van der Waals surface area contributed by atoms with Gasteiger partial charge in [-0.3, -0.25) is 9.69 Å². The number of benzene rings is 1. The van der Waals surface area contributed by atoms with Gasteiger partial charge in [-0.25, -0.2) is 0 Å². The van der Waals surface area contributed by atoms with Gasteiger partial charge in [0.2, 0.25) is 5.91 Å². The van der Waals surface area contributed by atoms with Crippen LogP contribution in [0, 0.1) is 5.92 Å². The molecule has 0 aliphatic carbocycles. The first kappa shape index (κ1) is 12.7. The van der Waals surface area contributed by atoms with Crippen LogP contribution in [0.5, 0.6) is 0 Å². The lowest BCUT2D eigenvalue weighted by Crippen LogP contribution is -2.34. The Hall–Kier alpha value is -1.35. The third kappa shape index (κ3) is 4.03. The molecule has 0 radical (unpaired) electrons. The van der Waals surface area contributed by atoms with Crippen LogP contribution in [0.2, 0.25) is 0 Å². The average molecular weight is 220 g/mol. The van der Waals surface area contributed by atoms with Gasteiger partial charge in [0.25, 0.3) is 0 Å². The van der Waals surface area contributed by atoms with Crippen molar-refractivity contribution in [2.75, 3.05) is 13.1 Å². The molecule has 1 aromatic carbocycles. The van der Waals surface area contributed by atoms with Gasteiger partial charge in [-0.05, 0) is 12.1 Å². The number of hydrogen-bond acceptors (Lipinski definition) is 2. The van der Waals surface area contributed by atoms with Gasteiger partial charge in [-0.1, -0.05) is 44.2 Å². The van der Waals surface area contributed by atoms with Gasteiger partial charge in [0.15, 0.2) is 0 Å². The number of carbonyl (C=O) groups excluding carboxylic acids is 1. The van der Waals surface area contributed by atoms with Crippen molar-refractivity contribution in [2.45, 2.75) is 20.4 Å². The topological polar surface area (TPSA) is 46.3 Å². The number of primary amides is 1. The van der Waals surface area contributed by atoms with Crippen LogP contribution in [-0.4, -0.2) is 23.9 Å². The lowest BCUT2D eigenvalue weighted by molar-refractivity contribution is -0.121. The van der Waals surface area contributed by atoms with Crippen LogP contribution < -0.4 is 5.73 Å². The standard InChI is InChI=1S/C13H20N2O/c1-3-15(9-11(2)13(14)16)10-12-7-5-4-6-8-12/h4-8,11H,3,9-10H2,1-2H3,(H2,14,16). The minimum atomic E-state index is -0.230. The number of amides is 1. The highest BCUT2D eigenvalue weighted by Crippen LogP contribution is 2.06. The van der Waals surface area contributed by atoms with E-state index in [1.165, 1.54) is 5.56 Å². The maximum Gasteiger partial charge on any atom is 0.221 e. The highest BCUT2D eigenvalue weighted by atomic mass is 16.1. The predicted molar refractivity (Wildman–Crippen MR) is 65.8 cm³/mol. The molecule has 0 aliphatic heterocycles. The van der Waals surface area contributed by atoms with E-state index < -0.39 is 0 Å². The molecular formula is C13H20N2O. The van der Waals surface area contributed by atoms with Gasteiger partial charge in [-0.2, -0.15) is 0 Å². The molecule has 88 valence electrons. The van der Waals surface area contributed by atoms with Crippen LogP contribution in [0.15, 0.2) is 30.3 Å². The molecule has 1 rings (SSSR count). The summed E-state index contributed by atoms with van der Waals surface area (Å²) in [7, 11) is 0. The molecule has 1 unspecified atom stereocenters. The summed E-state index contributed by atoms with van der Waals surface area (Å²) in [6, 6.07) is 10.3. The van der Waals surface area contributed by atoms with Gasteiger partial charge in [0.1, 0.15) is 0 Å². The average Bonchev–Trinajstić information content (AvgIpc) is 2.29. The second-order valence-electron chi connectivity index (χ2n) is 4.12. The molecule has 0 saturated carbocycles. The fraction of sp³-hybridized carbons (Fsp3) is 0.462. The SMILES string of the molecule is CCN(Cc1ccccc1)CC(C)C(N)=O. The molecule has 0 heterocycles. The molecule has 1 amide bonds. The molecule has 3 heteroatoms. The Morgan fingerprint density at radius 2 is 2.00 bits per heavy atom. The van der Waals surface area contributed by atoms with Crippen LogP contribution in [0.1, 0.15) is 19.4 Å². The smallest absolute Gasteiger partial charge is 0.221 e. The van der Waals surface area contributed by atoms with Crippen LogP contribution in [0.25, 0.3) is 0 Å². The Bertz CT molecular complexity index is 324. The summed E-state index contributed by atoms with van der Waals surface area (Å²) in [5, 5.41) is 0. The minimum absolute atomic E-state index is 0.0938. The van der Waals surface area contributed by atoms with Gasteiger partial charge < -0.3 is 5.73 Å². The van der Waals surface area contributed by atoms with Crippen molar-refractivity contribution in [2.24, 2.45) is 11.7 Å². The Kier molecular flexibility index (Phi) is 4.99. The van der Waals surface area contributed by atoms with Crippen LogP contribution >= 0.6 is 0 Å². The van der Waals surface area contributed by atoms with Crippen molar-refractivity contribution in [3.63, 3.8) is 0 Å². The molecule has 2 N–H and O–H groups in total. The third-order valence-electron chi connectivity index (χ3n) is 2.71. The zero-order valence-corrected chi connectivity index (χ0v) is 10.0. The monoisotopic (exact) mass is 220 g/mol. The summed E-state index contributed by atoms with van der Waals surface area (Å²) >= 11 is 0. The Morgan fingerprint density at radius 3 is 2.50 bits per heavy atom. The molecule has 3 nitrogen and oxygen atoms in total. The zero-order chi connectivity index (χ0) is 12.0. The zero-order valence-electron chi connectivity index (χ0n) is 10.0. The largest absolute Gasteiger partial charge is 0.369 e. The number of carbonyl (C=O) groups is 1. The van der Waals surface area contributed by atoms with Crippen LogP contribution in [-0.2, 0) is 11.3 Å². The molecule has 0 saturated heterocycles. The molecule has 0 spiro atoms. The van der Waals surface area contributed by atoms with Crippen LogP contribution in [0.4, 0.5) is 0 Å². The van der Waals surface area contributed by atoms with E-state index in [-0.39, 0.29) is 11.8 Å². The van der Waals surface area contributed by atoms with Gasteiger partial charge >= 0.3 is 0 Å². The summed E-state index contributed by atoms with van der Waals surface area (Å²) in [5.41, 5.74) is 6.53. The Labute approximate surface area is 97.2 Å². The maximum absolute atomic E-state index is 11.0. The highest BCUT2D eigenvalue weighted by Gasteiger charge is 2.13. The van der Waals surface area contributed by atoms with Crippen molar-refractivity contribution in [3.05, 3.63) is 35.9 Å². The Balaban J connectivity index is 2.53. The van der Waals surface area contributed by atoms with E-state index in [9.17, 15) is 4.79 Å². The van der Waals surface area contributed by atoms with Crippen molar-refractivity contribution >= 4 is 5.91 Å². The summed E-state index contributed by atoms with van der Waals surface area (Å²) in [5.74, 6) is -0.324. The summed E-state index contributed by atoms with van der Waals surface area (Å²) < 4.78 is 0. The van der Waals surface area contributed by atoms with Crippen molar-refractivity contribution in [1.82, 2.24) is 4.90 Å². The molecule has 16 heavy (non-hydrogen) atoms. The fourth-order valence-electron chi connectivity index (χ4n) is 1.62. The van der Waals surface area contributed by atoms with Crippen molar-refractivity contribution < 1.29 is 4.79 Å². The van der Waals surface area contributed by atoms with Crippen molar-refractivity contribution in [3.8, 4) is 0 Å². The van der Waals surface area contributed by atoms with E-state index in [0.29, 0.717) is 0 Å². The van der Waals surface area contributed by atoms with Crippen LogP contribution in [0.3, 0.4) is 0 Å². The van der Waals surface area contributed by atoms with Gasteiger partial charge in [-0.15, -0.1) is 0 Å². The second kappa shape index (κ2) is 6.28. The van der Waals surface area contributed by atoms with Gasteiger partial charge in [0, 0.05) is 19.0 Å². The summed E-state index contributed by atoms with van der Waals surface area (Å²) in [4.78, 5) is 13.2. The Morgan fingerprint density at radius 1 is 1.38 bits per heavy atom. The fourth-order valence-corrected chi connectivity index (χ4v) is 1.62.